The molecule has 0 saturated carbocycles. The van der Waals surface area contributed by atoms with Crippen LogP contribution >= 0.6 is 0 Å². The average Bonchev–Trinajstić information content (AvgIpc) is 2.88. The first kappa shape index (κ1) is 45.3. The molecule has 0 spiro atoms. The van der Waals surface area contributed by atoms with Crippen LogP contribution in [0.4, 0.5) is 0 Å². The minimum Gasteiger partial charge on any atom is -1.00 e. The molecule has 0 unspecified atom stereocenters. The van der Waals surface area contributed by atoms with Crippen molar-refractivity contribution >= 4 is 0 Å². The van der Waals surface area contributed by atoms with Gasteiger partial charge in [0.2, 0.25) is 0 Å². The maximum Gasteiger partial charge on any atom is 0.0784 e. The number of unbranched alkanes of at least 4 members (excludes halogenated alkanes) is 23. The second kappa shape index (κ2) is 32.8. The Labute approximate surface area is 276 Å². The minimum absolute atomic E-state index is 0. The molecule has 40 heavy (non-hydrogen) atoms. The van der Waals surface area contributed by atoms with Gasteiger partial charge in [-0.25, -0.2) is 0 Å². The van der Waals surface area contributed by atoms with Crippen LogP contribution in [-0.2, 0) is 0 Å². The van der Waals surface area contributed by atoms with Gasteiger partial charge in [-0.1, -0.05) is 142 Å². The molecule has 0 fully saturated rings. The number of nitrogens with zero attached hydrogens (tertiary/aromatic N) is 2. The minimum atomic E-state index is 0. The fraction of sp³-hybridized carbons (Fsp3) is 1.00. The molecule has 0 aliphatic rings. The van der Waals surface area contributed by atoms with E-state index in [9.17, 15) is 0 Å². The van der Waals surface area contributed by atoms with Gasteiger partial charge >= 0.3 is 0 Å². The molecule has 0 atom stereocenters. The highest BCUT2D eigenvalue weighted by molar-refractivity contribution is 4.51. The lowest BCUT2D eigenvalue weighted by molar-refractivity contribution is -0.897. The highest BCUT2D eigenvalue weighted by Gasteiger charge is 2.17. The van der Waals surface area contributed by atoms with Crippen molar-refractivity contribution in [1.29, 1.82) is 0 Å². The standard InChI is InChI=1S/C36H78N2.2BrH/c1-7-9-11-13-15-17-19-21-23-25-27-29-33-37(3,4)35-31-32-36-38(5,6)34-30-28-26-24-22-20-18-16-14-12-10-8-2;;/h7-36H2,1-6H3;2*1H/q+2;;/p-2. The summed E-state index contributed by atoms with van der Waals surface area (Å²) in [5, 5.41) is 0. The van der Waals surface area contributed by atoms with Gasteiger partial charge in [0, 0.05) is 12.8 Å². The van der Waals surface area contributed by atoms with Crippen LogP contribution in [0.1, 0.15) is 181 Å². The summed E-state index contributed by atoms with van der Waals surface area (Å²) in [5.41, 5.74) is 0. The highest BCUT2D eigenvalue weighted by Crippen LogP contribution is 2.15. The fourth-order valence-electron chi connectivity index (χ4n) is 6.06. The Morgan fingerprint density at radius 2 is 0.400 bits per heavy atom. The van der Waals surface area contributed by atoms with Gasteiger partial charge in [0.25, 0.3) is 0 Å². The predicted octanol–water partition coefficient (Wildman–Crippen LogP) is 5.33. The zero-order valence-corrected chi connectivity index (χ0v) is 32.0. The van der Waals surface area contributed by atoms with Crippen LogP contribution in [0.15, 0.2) is 0 Å². The molecule has 0 N–H and O–H groups in total. The molecule has 2 nitrogen and oxygen atoms in total. The van der Waals surface area contributed by atoms with E-state index >= 15 is 0 Å². The first-order valence-corrected chi connectivity index (χ1v) is 18.0. The van der Waals surface area contributed by atoms with Crippen LogP contribution in [0, 0.1) is 0 Å². The molecule has 0 amide bonds. The van der Waals surface area contributed by atoms with E-state index in [-0.39, 0.29) is 34.0 Å². The van der Waals surface area contributed by atoms with Crippen LogP contribution in [0.25, 0.3) is 0 Å². The Hall–Kier alpha value is 0.880. The van der Waals surface area contributed by atoms with Crippen molar-refractivity contribution in [2.45, 2.75) is 181 Å². The Kier molecular flexibility index (Phi) is 37.1. The number of rotatable bonds is 31. The first-order valence-electron chi connectivity index (χ1n) is 18.0. The molecule has 246 valence electrons. The molecular weight excluding hydrogens is 620 g/mol. The predicted molar refractivity (Wildman–Crippen MR) is 175 cm³/mol. The van der Waals surface area contributed by atoms with Gasteiger partial charge < -0.3 is 42.9 Å². The van der Waals surface area contributed by atoms with Crippen LogP contribution < -0.4 is 34.0 Å². The molecule has 0 heterocycles. The number of halogens is 2. The van der Waals surface area contributed by atoms with Crippen molar-refractivity contribution in [3.63, 3.8) is 0 Å². The second-order valence-corrected chi connectivity index (χ2v) is 14.3. The van der Waals surface area contributed by atoms with E-state index in [0.29, 0.717) is 0 Å². The van der Waals surface area contributed by atoms with Crippen LogP contribution in [0.2, 0.25) is 0 Å². The van der Waals surface area contributed by atoms with Gasteiger partial charge in [-0.15, -0.1) is 0 Å². The van der Waals surface area contributed by atoms with Gasteiger partial charge in [-0.2, -0.15) is 0 Å². The van der Waals surface area contributed by atoms with Crippen molar-refractivity contribution < 1.29 is 42.9 Å². The van der Waals surface area contributed by atoms with E-state index in [0.717, 1.165) is 0 Å². The summed E-state index contributed by atoms with van der Waals surface area (Å²) in [7, 11) is 9.85. The lowest BCUT2D eigenvalue weighted by Gasteiger charge is -2.32. The molecule has 0 aromatic carbocycles. The van der Waals surface area contributed by atoms with E-state index in [1.165, 1.54) is 202 Å². The van der Waals surface area contributed by atoms with Gasteiger partial charge in [-0.3, -0.25) is 0 Å². The van der Waals surface area contributed by atoms with Crippen molar-refractivity contribution in [3.05, 3.63) is 0 Å². The fourth-order valence-corrected chi connectivity index (χ4v) is 6.06. The third-order valence-corrected chi connectivity index (χ3v) is 9.01. The smallest absolute Gasteiger partial charge is 0.0784 e. The summed E-state index contributed by atoms with van der Waals surface area (Å²) in [4.78, 5) is 0. The van der Waals surface area contributed by atoms with E-state index in [1.54, 1.807) is 0 Å². The summed E-state index contributed by atoms with van der Waals surface area (Å²) in [6, 6.07) is 0. The summed E-state index contributed by atoms with van der Waals surface area (Å²) in [5.74, 6) is 0. The maximum absolute atomic E-state index is 2.46. The van der Waals surface area contributed by atoms with Gasteiger partial charge in [0.1, 0.15) is 0 Å². The topological polar surface area (TPSA) is 0 Å². The lowest BCUT2D eigenvalue weighted by Crippen LogP contribution is -3.00. The monoisotopic (exact) mass is 696 g/mol. The Morgan fingerprint density at radius 3 is 0.600 bits per heavy atom. The number of hydrogen-bond acceptors (Lipinski definition) is 0. The number of hydrogen-bond donors (Lipinski definition) is 0. The van der Waals surface area contributed by atoms with Gasteiger partial charge in [0.05, 0.1) is 54.4 Å². The summed E-state index contributed by atoms with van der Waals surface area (Å²) >= 11 is 0. The third-order valence-electron chi connectivity index (χ3n) is 9.01. The molecule has 4 heteroatoms. The highest BCUT2D eigenvalue weighted by atomic mass is 79.9. The van der Waals surface area contributed by atoms with Gasteiger partial charge in [-0.05, 0) is 25.7 Å². The SMILES string of the molecule is CCCCCCCCCCCCCC[N+](C)(C)CCCC[N+](C)(C)CCCCCCCCCCCCCC.[Br-].[Br-]. The quantitative estimate of drug-likeness (QED) is 0.0679. The van der Waals surface area contributed by atoms with Crippen molar-refractivity contribution in [3.8, 4) is 0 Å². The summed E-state index contributed by atoms with van der Waals surface area (Å²) < 4.78 is 2.45. The molecule has 0 aromatic rings. The molecule has 0 aromatic heterocycles. The lowest BCUT2D eigenvalue weighted by atomic mass is 10.0. The Balaban J connectivity index is -0.00000684. The van der Waals surface area contributed by atoms with Crippen molar-refractivity contribution in [1.82, 2.24) is 0 Å². The third kappa shape index (κ3) is 35.1. The molecule has 0 saturated heterocycles. The normalized spacial score (nSPS) is 11.8. The van der Waals surface area contributed by atoms with Crippen molar-refractivity contribution in [2.24, 2.45) is 0 Å². The maximum atomic E-state index is 2.46. The van der Waals surface area contributed by atoms with Gasteiger partial charge in [0.15, 0.2) is 0 Å². The molecular formula is C36H78Br2N2. The second-order valence-electron chi connectivity index (χ2n) is 14.3. The zero-order chi connectivity index (χ0) is 28.2. The van der Waals surface area contributed by atoms with E-state index in [4.69, 9.17) is 0 Å². The van der Waals surface area contributed by atoms with E-state index in [2.05, 4.69) is 42.0 Å². The first-order chi connectivity index (χ1) is 18.3. The Bertz CT molecular complexity index is 426. The van der Waals surface area contributed by atoms with E-state index in [1.807, 2.05) is 0 Å². The molecule has 0 aliphatic carbocycles. The molecule has 0 radical (unpaired) electrons. The summed E-state index contributed by atoms with van der Waals surface area (Å²) in [6.45, 7) is 10.1. The van der Waals surface area contributed by atoms with Crippen LogP contribution in [0.5, 0.6) is 0 Å². The van der Waals surface area contributed by atoms with E-state index < -0.39 is 0 Å². The van der Waals surface area contributed by atoms with Crippen LogP contribution in [0.3, 0.4) is 0 Å². The molecule has 0 rings (SSSR count). The largest absolute Gasteiger partial charge is 1.00 e. The average molecular weight is 699 g/mol. The molecule has 0 aliphatic heterocycles. The van der Waals surface area contributed by atoms with Crippen LogP contribution in [-0.4, -0.2) is 63.3 Å². The van der Waals surface area contributed by atoms with Crippen molar-refractivity contribution in [2.75, 3.05) is 54.4 Å². The zero-order valence-electron chi connectivity index (χ0n) is 28.9. The summed E-state index contributed by atoms with van der Waals surface area (Å²) in [6.07, 6.45) is 37.6. The molecule has 0 bridgehead atoms. The number of quaternary nitrogens is 2. The Morgan fingerprint density at radius 1 is 0.250 bits per heavy atom.